The number of hydrogen-bond donors (Lipinski definition) is 1. The van der Waals surface area contributed by atoms with Crippen LogP contribution in [0.1, 0.15) is 13.3 Å². The number of nitrogens with zero attached hydrogens (tertiary/aromatic N) is 4. The summed E-state index contributed by atoms with van der Waals surface area (Å²) in [6, 6.07) is 24.0. The molecule has 5 aromatic rings. The molecule has 0 saturated heterocycles. The summed E-state index contributed by atoms with van der Waals surface area (Å²) in [5, 5.41) is 9.88. The van der Waals surface area contributed by atoms with Crippen molar-refractivity contribution < 1.29 is 4.79 Å². The van der Waals surface area contributed by atoms with Gasteiger partial charge in [0.05, 0.1) is 16.6 Å². The Labute approximate surface area is 198 Å². The smallest absolute Gasteiger partial charge is 0.245 e. The lowest BCUT2D eigenvalue weighted by atomic mass is 10.2. The van der Waals surface area contributed by atoms with Crippen molar-refractivity contribution in [3.8, 4) is 0 Å². The molecule has 0 radical (unpaired) electrons. The molecule has 0 fully saturated rings. The highest BCUT2D eigenvalue weighted by atomic mass is 32.2. The van der Waals surface area contributed by atoms with E-state index in [2.05, 4.69) is 32.3 Å². The Hall–Kier alpha value is -3.36. The standard InChI is InChI=1S/C25H19N5OS2/c1-2-19(33-25-27-23-22(28-29-25)15-9-3-4-10-16(15)26-23)24(31)30-17-11-5-7-13-20(17)32-21-14-8-6-12-18(21)30/h3-14,19H,2H2,1H3,(H,26,27,29)/t19-/m1/s1. The first-order chi connectivity index (χ1) is 16.2. The van der Waals surface area contributed by atoms with Gasteiger partial charge in [0.25, 0.3) is 0 Å². The van der Waals surface area contributed by atoms with E-state index in [0.717, 1.165) is 37.6 Å². The summed E-state index contributed by atoms with van der Waals surface area (Å²) in [5.41, 5.74) is 4.22. The zero-order chi connectivity index (χ0) is 22.4. The first kappa shape index (κ1) is 20.3. The SMILES string of the molecule is CC[C@@H](Sc1nnc2c(n1)[nH]c1ccccc12)C(=O)N1c2ccccc2Sc2ccccc21. The molecule has 1 N–H and O–H groups in total. The Morgan fingerprint density at radius 1 is 0.970 bits per heavy atom. The molecule has 1 aliphatic rings. The van der Waals surface area contributed by atoms with Gasteiger partial charge < -0.3 is 4.98 Å². The highest BCUT2D eigenvalue weighted by molar-refractivity contribution is 8.00. The van der Waals surface area contributed by atoms with Crippen molar-refractivity contribution in [3.63, 3.8) is 0 Å². The average Bonchev–Trinajstić information content (AvgIpc) is 3.23. The van der Waals surface area contributed by atoms with Crippen LogP contribution in [0, 0.1) is 0 Å². The number of fused-ring (bicyclic) bond motifs is 5. The van der Waals surface area contributed by atoms with Gasteiger partial charge in [0.15, 0.2) is 5.65 Å². The quantitative estimate of drug-likeness (QED) is 0.316. The van der Waals surface area contributed by atoms with Crippen molar-refractivity contribution in [3.05, 3.63) is 72.8 Å². The molecule has 0 spiro atoms. The molecule has 3 aromatic carbocycles. The number of rotatable bonds is 4. The van der Waals surface area contributed by atoms with E-state index in [1.165, 1.54) is 11.8 Å². The fourth-order valence-corrected chi connectivity index (χ4v) is 5.99. The lowest BCUT2D eigenvalue weighted by Gasteiger charge is -2.33. The molecule has 6 rings (SSSR count). The molecule has 1 atom stereocenters. The second kappa shape index (κ2) is 8.20. The van der Waals surface area contributed by atoms with Crippen molar-refractivity contribution >= 4 is 62.9 Å². The van der Waals surface area contributed by atoms with E-state index < -0.39 is 0 Å². The lowest BCUT2D eigenvalue weighted by molar-refractivity contribution is -0.117. The fourth-order valence-electron chi connectivity index (χ4n) is 4.08. The normalized spacial score (nSPS) is 13.7. The molecule has 1 amide bonds. The average molecular weight is 470 g/mol. The molecule has 0 aliphatic carbocycles. The molecule has 1 aliphatic heterocycles. The summed E-state index contributed by atoms with van der Waals surface area (Å²) < 4.78 is 0. The van der Waals surface area contributed by atoms with Crippen LogP contribution in [0.5, 0.6) is 0 Å². The van der Waals surface area contributed by atoms with Crippen LogP contribution >= 0.6 is 23.5 Å². The number of benzene rings is 3. The number of para-hydroxylation sites is 3. The number of hydrogen-bond acceptors (Lipinski definition) is 6. The van der Waals surface area contributed by atoms with Gasteiger partial charge in [-0.15, -0.1) is 10.2 Å². The third kappa shape index (κ3) is 3.46. The van der Waals surface area contributed by atoms with E-state index >= 15 is 0 Å². The maximum absolute atomic E-state index is 13.9. The van der Waals surface area contributed by atoms with Gasteiger partial charge >= 0.3 is 0 Å². The van der Waals surface area contributed by atoms with Gasteiger partial charge in [-0.1, -0.05) is 72.9 Å². The minimum Gasteiger partial charge on any atom is -0.338 e. The van der Waals surface area contributed by atoms with Crippen LogP contribution in [0.4, 0.5) is 11.4 Å². The maximum atomic E-state index is 13.9. The minimum atomic E-state index is -0.349. The third-order valence-corrected chi connectivity index (χ3v) is 7.98. The van der Waals surface area contributed by atoms with Crippen molar-refractivity contribution in [2.24, 2.45) is 0 Å². The number of anilines is 2. The monoisotopic (exact) mass is 469 g/mol. The van der Waals surface area contributed by atoms with Gasteiger partial charge in [0.1, 0.15) is 5.52 Å². The summed E-state index contributed by atoms with van der Waals surface area (Å²) in [4.78, 5) is 25.8. The predicted octanol–water partition coefficient (Wildman–Crippen LogP) is 6.21. The number of amides is 1. The van der Waals surface area contributed by atoms with Crippen LogP contribution in [0.2, 0.25) is 0 Å². The van der Waals surface area contributed by atoms with Crippen LogP contribution < -0.4 is 4.90 Å². The zero-order valence-electron chi connectivity index (χ0n) is 17.7. The summed E-state index contributed by atoms with van der Waals surface area (Å²) in [6.07, 6.45) is 0.644. The summed E-state index contributed by atoms with van der Waals surface area (Å²) in [5.74, 6) is 0.0167. The van der Waals surface area contributed by atoms with Crippen LogP contribution in [-0.2, 0) is 4.79 Å². The topological polar surface area (TPSA) is 74.8 Å². The number of carbonyl (C=O) groups is 1. The van der Waals surface area contributed by atoms with Crippen LogP contribution in [0.3, 0.4) is 0 Å². The summed E-state index contributed by atoms with van der Waals surface area (Å²) in [7, 11) is 0. The van der Waals surface area contributed by atoms with E-state index in [9.17, 15) is 4.79 Å². The predicted molar refractivity (Wildman–Crippen MR) is 133 cm³/mol. The van der Waals surface area contributed by atoms with Crippen molar-refractivity contribution in [1.29, 1.82) is 0 Å². The molecular formula is C25H19N5OS2. The molecule has 162 valence electrons. The van der Waals surface area contributed by atoms with Gasteiger partial charge in [-0.3, -0.25) is 9.69 Å². The highest BCUT2D eigenvalue weighted by Gasteiger charge is 2.33. The van der Waals surface area contributed by atoms with E-state index in [-0.39, 0.29) is 11.2 Å². The summed E-state index contributed by atoms with van der Waals surface area (Å²) >= 11 is 3.05. The Balaban J connectivity index is 1.36. The number of carbonyl (C=O) groups excluding carboxylic acids is 1. The second-order valence-electron chi connectivity index (χ2n) is 7.69. The number of H-pyrrole nitrogens is 1. The Morgan fingerprint density at radius 2 is 1.64 bits per heavy atom. The van der Waals surface area contributed by atoms with E-state index in [1.54, 1.807) is 11.8 Å². The molecule has 33 heavy (non-hydrogen) atoms. The number of aromatic nitrogens is 4. The molecular weight excluding hydrogens is 450 g/mol. The molecule has 3 heterocycles. The van der Waals surface area contributed by atoms with Gasteiger partial charge in [-0.25, -0.2) is 4.98 Å². The van der Waals surface area contributed by atoms with Crippen molar-refractivity contribution in [2.75, 3.05) is 4.90 Å². The van der Waals surface area contributed by atoms with Gasteiger partial charge in [-0.2, -0.15) is 0 Å². The summed E-state index contributed by atoms with van der Waals surface area (Å²) in [6.45, 7) is 2.01. The lowest BCUT2D eigenvalue weighted by Crippen LogP contribution is -2.35. The third-order valence-electron chi connectivity index (χ3n) is 5.65. The first-order valence-corrected chi connectivity index (χ1v) is 12.4. The number of aromatic amines is 1. The molecule has 0 unspecified atom stereocenters. The van der Waals surface area contributed by atoms with Crippen LogP contribution in [-0.4, -0.2) is 31.3 Å². The molecule has 6 nitrogen and oxygen atoms in total. The number of thioether (sulfide) groups is 1. The van der Waals surface area contributed by atoms with Crippen molar-refractivity contribution in [1.82, 2.24) is 20.2 Å². The van der Waals surface area contributed by atoms with E-state index in [4.69, 9.17) is 0 Å². The minimum absolute atomic E-state index is 0.0167. The van der Waals surface area contributed by atoms with Gasteiger partial charge in [0.2, 0.25) is 11.1 Å². The highest BCUT2D eigenvalue weighted by Crippen LogP contribution is 2.48. The van der Waals surface area contributed by atoms with Gasteiger partial charge in [0, 0.05) is 20.7 Å². The van der Waals surface area contributed by atoms with Crippen molar-refractivity contribution in [2.45, 2.75) is 33.5 Å². The molecule has 0 bridgehead atoms. The van der Waals surface area contributed by atoms with Crippen LogP contribution in [0.25, 0.3) is 22.1 Å². The van der Waals surface area contributed by atoms with Crippen LogP contribution in [0.15, 0.2) is 87.7 Å². The Morgan fingerprint density at radius 3 is 2.36 bits per heavy atom. The fraction of sp³-hybridized carbons (Fsp3) is 0.120. The Bertz CT molecular complexity index is 1470. The maximum Gasteiger partial charge on any atom is 0.245 e. The van der Waals surface area contributed by atoms with E-state index in [1.807, 2.05) is 72.5 Å². The molecule has 8 heteroatoms. The second-order valence-corrected chi connectivity index (χ2v) is 9.94. The Kier molecular flexibility index (Phi) is 5.04. The first-order valence-electron chi connectivity index (χ1n) is 10.7. The number of nitrogens with one attached hydrogen (secondary N) is 1. The van der Waals surface area contributed by atoms with Gasteiger partial charge in [-0.05, 0) is 36.8 Å². The van der Waals surface area contributed by atoms with E-state index in [0.29, 0.717) is 17.2 Å². The largest absolute Gasteiger partial charge is 0.338 e. The molecule has 0 saturated carbocycles. The zero-order valence-corrected chi connectivity index (χ0v) is 19.4. The molecule has 2 aromatic heterocycles.